The molecule has 1 saturated heterocycles. The largest absolute Gasteiger partial charge is 0.340 e. The van der Waals surface area contributed by atoms with E-state index in [1.807, 2.05) is 29.2 Å². The van der Waals surface area contributed by atoms with E-state index in [1.54, 1.807) is 6.20 Å². The highest BCUT2D eigenvalue weighted by atomic mass is 16.1. The highest BCUT2D eigenvalue weighted by molar-refractivity contribution is 5.95. The molecule has 1 aliphatic heterocycles. The summed E-state index contributed by atoms with van der Waals surface area (Å²) in [5.41, 5.74) is 3.84. The van der Waals surface area contributed by atoms with E-state index in [2.05, 4.69) is 58.8 Å². The number of H-pyrrole nitrogens is 1. The van der Waals surface area contributed by atoms with Crippen molar-refractivity contribution >= 4 is 22.3 Å². The van der Waals surface area contributed by atoms with Gasteiger partial charge in [0.05, 0.1) is 17.3 Å². The molecule has 1 fully saturated rings. The van der Waals surface area contributed by atoms with Gasteiger partial charge in [0.2, 0.25) is 0 Å². The standard InChI is InChI=1S/C26H30N6O/c1-17(2)15-32-16-21(14-29-32)23-13-20-9-12-28-26(33)24(20)25(31-23)30-22-5-3-18(4-6-22)19-7-10-27-11-8-19/h3-6,9,12-14,16-17,19,27H,7-8,10-11,15H2,1-2H3,(H,28,33)(H,30,31). The number of aromatic amines is 1. The molecular formula is C26H30N6O. The maximum absolute atomic E-state index is 12.7. The molecule has 0 spiro atoms. The maximum Gasteiger partial charge on any atom is 0.259 e. The van der Waals surface area contributed by atoms with Crippen molar-refractivity contribution in [1.82, 2.24) is 25.1 Å². The number of hydrogen-bond donors (Lipinski definition) is 3. The number of nitrogens with zero attached hydrogens (tertiary/aromatic N) is 3. The Morgan fingerprint density at radius 1 is 1.15 bits per heavy atom. The van der Waals surface area contributed by atoms with Gasteiger partial charge in [-0.1, -0.05) is 26.0 Å². The number of rotatable bonds is 6. The number of hydrogen-bond acceptors (Lipinski definition) is 5. The average molecular weight is 443 g/mol. The maximum atomic E-state index is 12.7. The van der Waals surface area contributed by atoms with E-state index in [0.717, 1.165) is 42.0 Å². The molecule has 0 bridgehead atoms. The SMILES string of the molecule is CC(C)Cn1cc(-c2cc3cc[nH]c(=O)c3c(Nc3ccc(C4CCNCC4)cc3)n2)cn1. The van der Waals surface area contributed by atoms with Gasteiger partial charge in [0.25, 0.3) is 5.56 Å². The van der Waals surface area contributed by atoms with E-state index in [1.165, 1.54) is 18.4 Å². The Hall–Kier alpha value is -3.45. The topological polar surface area (TPSA) is 87.6 Å². The van der Waals surface area contributed by atoms with Crippen molar-refractivity contribution in [3.05, 3.63) is 70.9 Å². The third-order valence-corrected chi connectivity index (χ3v) is 6.22. The number of piperidine rings is 1. The number of fused-ring (bicyclic) bond motifs is 1. The Morgan fingerprint density at radius 3 is 2.70 bits per heavy atom. The lowest BCUT2D eigenvalue weighted by Gasteiger charge is -2.23. The van der Waals surface area contributed by atoms with Crippen molar-refractivity contribution in [3.63, 3.8) is 0 Å². The van der Waals surface area contributed by atoms with Gasteiger partial charge in [-0.15, -0.1) is 0 Å². The van der Waals surface area contributed by atoms with Crippen LogP contribution in [-0.4, -0.2) is 32.8 Å². The van der Waals surface area contributed by atoms with Gasteiger partial charge in [-0.2, -0.15) is 5.10 Å². The number of pyridine rings is 2. The van der Waals surface area contributed by atoms with Crippen molar-refractivity contribution in [2.75, 3.05) is 18.4 Å². The quantitative estimate of drug-likeness (QED) is 0.404. The summed E-state index contributed by atoms with van der Waals surface area (Å²) in [6.07, 6.45) is 7.86. The molecule has 7 nitrogen and oxygen atoms in total. The zero-order valence-corrected chi connectivity index (χ0v) is 19.1. The van der Waals surface area contributed by atoms with Gasteiger partial charge in [-0.25, -0.2) is 4.98 Å². The van der Waals surface area contributed by atoms with Crippen LogP contribution in [0.2, 0.25) is 0 Å². The predicted molar refractivity (Wildman–Crippen MR) is 133 cm³/mol. The minimum atomic E-state index is -0.157. The summed E-state index contributed by atoms with van der Waals surface area (Å²) < 4.78 is 1.94. The highest BCUT2D eigenvalue weighted by Crippen LogP contribution is 2.30. The third-order valence-electron chi connectivity index (χ3n) is 6.22. The number of aromatic nitrogens is 4. The van der Waals surface area contributed by atoms with Crippen molar-refractivity contribution < 1.29 is 0 Å². The molecule has 3 N–H and O–H groups in total. The average Bonchev–Trinajstić information content (AvgIpc) is 3.28. The van der Waals surface area contributed by atoms with Crippen molar-refractivity contribution in [2.24, 2.45) is 5.92 Å². The van der Waals surface area contributed by atoms with Gasteiger partial charge in [-0.05, 0) is 73.0 Å². The molecule has 4 aromatic rings. The van der Waals surface area contributed by atoms with Gasteiger partial charge in [0.15, 0.2) is 0 Å². The molecule has 7 heteroatoms. The summed E-state index contributed by atoms with van der Waals surface area (Å²) in [4.78, 5) is 20.3. The summed E-state index contributed by atoms with van der Waals surface area (Å²) in [5, 5.41) is 12.7. The minimum absolute atomic E-state index is 0.157. The first-order chi connectivity index (χ1) is 16.1. The molecule has 0 atom stereocenters. The lowest BCUT2D eigenvalue weighted by atomic mass is 9.90. The first kappa shape index (κ1) is 21.4. The van der Waals surface area contributed by atoms with Crippen LogP contribution in [0.4, 0.5) is 11.5 Å². The zero-order chi connectivity index (χ0) is 22.8. The minimum Gasteiger partial charge on any atom is -0.340 e. The van der Waals surface area contributed by atoms with Crippen LogP contribution in [0.5, 0.6) is 0 Å². The molecule has 5 rings (SSSR count). The van der Waals surface area contributed by atoms with Gasteiger partial charge in [0, 0.05) is 30.2 Å². The van der Waals surface area contributed by atoms with Crippen molar-refractivity contribution in [3.8, 4) is 11.3 Å². The molecular weight excluding hydrogens is 412 g/mol. The van der Waals surface area contributed by atoms with Crippen LogP contribution in [0.3, 0.4) is 0 Å². The normalized spacial score (nSPS) is 14.8. The van der Waals surface area contributed by atoms with Crippen molar-refractivity contribution in [1.29, 1.82) is 0 Å². The fourth-order valence-electron chi connectivity index (χ4n) is 4.55. The first-order valence-corrected chi connectivity index (χ1v) is 11.7. The predicted octanol–water partition coefficient (Wildman–Crippen LogP) is 4.65. The number of nitrogens with one attached hydrogen (secondary N) is 3. The van der Waals surface area contributed by atoms with Crippen LogP contribution < -0.4 is 16.2 Å². The lowest BCUT2D eigenvalue weighted by molar-refractivity contribution is 0.460. The molecule has 0 unspecified atom stereocenters. The Balaban J connectivity index is 1.49. The second kappa shape index (κ2) is 9.19. The van der Waals surface area contributed by atoms with E-state index in [-0.39, 0.29) is 5.56 Å². The van der Waals surface area contributed by atoms with Crippen LogP contribution in [0.1, 0.15) is 38.2 Å². The van der Waals surface area contributed by atoms with Crippen LogP contribution in [0.25, 0.3) is 22.0 Å². The third kappa shape index (κ3) is 4.68. The summed E-state index contributed by atoms with van der Waals surface area (Å²) in [5.74, 6) is 1.66. The van der Waals surface area contributed by atoms with Crippen LogP contribution in [0.15, 0.2) is 59.8 Å². The number of benzene rings is 1. The Kier molecular flexibility index (Phi) is 5.96. The molecule has 3 aromatic heterocycles. The molecule has 1 aliphatic rings. The Labute approximate surface area is 193 Å². The second-order valence-electron chi connectivity index (χ2n) is 9.24. The van der Waals surface area contributed by atoms with Crippen LogP contribution in [-0.2, 0) is 6.54 Å². The molecule has 1 aromatic carbocycles. The van der Waals surface area contributed by atoms with Crippen LogP contribution >= 0.6 is 0 Å². The summed E-state index contributed by atoms with van der Waals surface area (Å²) >= 11 is 0. The van der Waals surface area contributed by atoms with E-state index in [4.69, 9.17) is 4.98 Å². The van der Waals surface area contributed by atoms with Gasteiger partial charge in [0.1, 0.15) is 5.82 Å². The summed E-state index contributed by atoms with van der Waals surface area (Å²) in [7, 11) is 0. The Morgan fingerprint density at radius 2 is 1.94 bits per heavy atom. The molecule has 33 heavy (non-hydrogen) atoms. The summed E-state index contributed by atoms with van der Waals surface area (Å²) in [6, 6.07) is 12.4. The molecule has 4 heterocycles. The Bertz CT molecular complexity index is 1300. The fraction of sp³-hybridized carbons (Fsp3) is 0.346. The second-order valence-corrected chi connectivity index (χ2v) is 9.24. The molecule has 0 saturated carbocycles. The van der Waals surface area contributed by atoms with E-state index in [0.29, 0.717) is 23.0 Å². The van der Waals surface area contributed by atoms with Gasteiger partial charge >= 0.3 is 0 Å². The van der Waals surface area contributed by atoms with Gasteiger partial charge in [-0.3, -0.25) is 9.48 Å². The molecule has 0 aliphatic carbocycles. The van der Waals surface area contributed by atoms with E-state index < -0.39 is 0 Å². The van der Waals surface area contributed by atoms with Crippen molar-refractivity contribution in [2.45, 2.75) is 39.2 Å². The number of anilines is 2. The van der Waals surface area contributed by atoms with Gasteiger partial charge < -0.3 is 15.6 Å². The van der Waals surface area contributed by atoms with E-state index in [9.17, 15) is 4.79 Å². The fourth-order valence-corrected chi connectivity index (χ4v) is 4.55. The summed E-state index contributed by atoms with van der Waals surface area (Å²) in [6.45, 7) is 7.33. The van der Waals surface area contributed by atoms with E-state index >= 15 is 0 Å². The molecule has 170 valence electrons. The lowest BCUT2D eigenvalue weighted by Crippen LogP contribution is -2.26. The smallest absolute Gasteiger partial charge is 0.259 e. The zero-order valence-electron chi connectivity index (χ0n) is 19.1. The van der Waals surface area contributed by atoms with Crippen LogP contribution in [0, 0.1) is 5.92 Å². The first-order valence-electron chi connectivity index (χ1n) is 11.7. The molecule has 0 amide bonds. The monoisotopic (exact) mass is 442 g/mol. The molecule has 0 radical (unpaired) electrons. The highest BCUT2D eigenvalue weighted by Gasteiger charge is 2.16.